The summed E-state index contributed by atoms with van der Waals surface area (Å²) in [7, 11) is 0. The summed E-state index contributed by atoms with van der Waals surface area (Å²) < 4.78 is 10.3. The number of para-hydroxylation sites is 2. The van der Waals surface area contributed by atoms with Gasteiger partial charge in [0.15, 0.2) is 12.2 Å². The smallest absolute Gasteiger partial charge is 0.417 e. The summed E-state index contributed by atoms with van der Waals surface area (Å²) in [6, 6.07) is 11.8. The molecule has 0 bridgehead atoms. The van der Waals surface area contributed by atoms with Gasteiger partial charge in [-0.2, -0.15) is 0 Å². The lowest BCUT2D eigenvalue weighted by molar-refractivity contribution is -0.118. The highest BCUT2D eigenvalue weighted by atomic mass is 35.5. The first-order chi connectivity index (χ1) is 10.6. The Bertz CT molecular complexity index is 884. The van der Waals surface area contributed by atoms with Crippen LogP contribution in [-0.4, -0.2) is 17.5 Å². The fourth-order valence-electron chi connectivity index (χ4n) is 1.97. The molecule has 0 aliphatic rings. The Morgan fingerprint density at radius 2 is 2.05 bits per heavy atom. The quantitative estimate of drug-likeness (QED) is 0.774. The van der Waals surface area contributed by atoms with Crippen LogP contribution in [0.25, 0.3) is 11.1 Å². The van der Waals surface area contributed by atoms with E-state index in [0.717, 1.165) is 0 Å². The molecule has 6 nitrogen and oxygen atoms in total. The molecule has 1 aromatic heterocycles. The van der Waals surface area contributed by atoms with Gasteiger partial charge in [-0.3, -0.25) is 9.78 Å². The van der Waals surface area contributed by atoms with E-state index in [1.54, 1.807) is 42.5 Å². The first kappa shape index (κ1) is 14.2. The van der Waals surface area contributed by atoms with Gasteiger partial charge in [-0.25, -0.2) is 4.79 Å². The molecule has 112 valence electrons. The number of carbonyl (C=O) groups excluding carboxylic acids is 1. The van der Waals surface area contributed by atoms with E-state index in [2.05, 4.69) is 10.3 Å². The third kappa shape index (κ3) is 2.96. The number of H-pyrrole nitrogens is 1. The maximum atomic E-state index is 11.9. The van der Waals surface area contributed by atoms with Crippen LogP contribution in [0.2, 0.25) is 5.02 Å². The summed E-state index contributed by atoms with van der Waals surface area (Å²) in [5.41, 5.74) is 1.24. The number of fused-ring (bicyclic) bond motifs is 1. The van der Waals surface area contributed by atoms with Gasteiger partial charge in [0, 0.05) is 0 Å². The summed E-state index contributed by atoms with van der Waals surface area (Å²) in [4.78, 5) is 25.7. The van der Waals surface area contributed by atoms with E-state index in [9.17, 15) is 9.59 Å². The van der Waals surface area contributed by atoms with Crippen LogP contribution >= 0.6 is 11.6 Å². The zero-order valence-corrected chi connectivity index (χ0v) is 12.0. The number of aromatic amines is 1. The summed E-state index contributed by atoms with van der Waals surface area (Å²) >= 11 is 5.94. The summed E-state index contributed by atoms with van der Waals surface area (Å²) in [6.07, 6.45) is 0. The van der Waals surface area contributed by atoms with Gasteiger partial charge in [0.25, 0.3) is 5.91 Å². The molecular formula is C15H11ClN2O4. The van der Waals surface area contributed by atoms with E-state index < -0.39 is 5.76 Å². The topological polar surface area (TPSA) is 84.3 Å². The molecule has 0 saturated carbocycles. The largest absolute Gasteiger partial charge is 0.482 e. The van der Waals surface area contributed by atoms with Gasteiger partial charge in [-0.05, 0) is 24.3 Å². The number of nitrogens with one attached hydrogen (secondary N) is 2. The van der Waals surface area contributed by atoms with Crippen LogP contribution in [0.15, 0.2) is 51.7 Å². The summed E-state index contributed by atoms with van der Waals surface area (Å²) in [6.45, 7) is -0.206. The molecule has 7 heteroatoms. The minimum absolute atomic E-state index is 0.206. The first-order valence-electron chi connectivity index (χ1n) is 6.42. The molecule has 2 N–H and O–H groups in total. The lowest BCUT2D eigenvalue weighted by atomic mass is 10.3. The van der Waals surface area contributed by atoms with Crippen molar-refractivity contribution in [2.45, 2.75) is 0 Å². The molecule has 2 aromatic carbocycles. The molecule has 0 radical (unpaired) electrons. The van der Waals surface area contributed by atoms with Crippen molar-refractivity contribution in [3.8, 4) is 5.75 Å². The number of oxazole rings is 1. The van der Waals surface area contributed by atoms with Gasteiger partial charge in [0.1, 0.15) is 11.3 Å². The number of amides is 1. The molecule has 0 aliphatic carbocycles. The Balaban J connectivity index is 1.71. The average Bonchev–Trinajstić information content (AvgIpc) is 2.88. The van der Waals surface area contributed by atoms with Crippen LogP contribution in [0.5, 0.6) is 5.75 Å². The Labute approximate surface area is 129 Å². The highest BCUT2D eigenvalue weighted by Gasteiger charge is 2.10. The van der Waals surface area contributed by atoms with E-state index in [1.165, 1.54) is 0 Å². The van der Waals surface area contributed by atoms with E-state index in [4.69, 9.17) is 20.8 Å². The van der Waals surface area contributed by atoms with Gasteiger partial charge in [0.05, 0.1) is 10.7 Å². The fourth-order valence-corrected chi connectivity index (χ4v) is 2.16. The van der Waals surface area contributed by atoms with Crippen LogP contribution in [0.3, 0.4) is 0 Å². The zero-order chi connectivity index (χ0) is 15.5. The zero-order valence-electron chi connectivity index (χ0n) is 11.3. The molecule has 22 heavy (non-hydrogen) atoms. The molecule has 1 amide bonds. The molecule has 3 aromatic rings. The second-order valence-electron chi connectivity index (χ2n) is 4.46. The minimum atomic E-state index is -0.580. The Kier molecular flexibility index (Phi) is 3.84. The number of hydrogen-bond acceptors (Lipinski definition) is 4. The van der Waals surface area contributed by atoms with E-state index >= 15 is 0 Å². The van der Waals surface area contributed by atoms with Gasteiger partial charge in [-0.1, -0.05) is 29.8 Å². The number of benzene rings is 2. The predicted molar refractivity (Wildman–Crippen MR) is 82.4 cm³/mol. The average molecular weight is 319 g/mol. The van der Waals surface area contributed by atoms with Crippen molar-refractivity contribution < 1.29 is 13.9 Å². The lowest BCUT2D eigenvalue weighted by Crippen LogP contribution is -2.20. The Hall–Kier alpha value is -2.73. The summed E-state index contributed by atoms with van der Waals surface area (Å²) in [5, 5.41) is 3.08. The van der Waals surface area contributed by atoms with Crippen LogP contribution in [-0.2, 0) is 4.79 Å². The fraction of sp³-hybridized carbons (Fsp3) is 0.0667. The Morgan fingerprint density at radius 3 is 2.86 bits per heavy atom. The maximum Gasteiger partial charge on any atom is 0.417 e. The van der Waals surface area contributed by atoms with E-state index in [1.807, 2.05) is 0 Å². The number of aromatic nitrogens is 1. The number of anilines is 1. The number of ether oxygens (including phenoxy) is 1. The second kappa shape index (κ2) is 5.95. The van der Waals surface area contributed by atoms with Gasteiger partial charge < -0.3 is 14.5 Å². The first-order valence-corrected chi connectivity index (χ1v) is 6.80. The van der Waals surface area contributed by atoms with Gasteiger partial charge in [0.2, 0.25) is 0 Å². The van der Waals surface area contributed by atoms with Crippen LogP contribution in [0, 0.1) is 0 Å². The molecule has 1 heterocycles. The lowest BCUT2D eigenvalue weighted by Gasteiger charge is -2.08. The van der Waals surface area contributed by atoms with Gasteiger partial charge >= 0.3 is 5.76 Å². The normalized spacial score (nSPS) is 10.6. The second-order valence-corrected chi connectivity index (χ2v) is 4.87. The van der Waals surface area contributed by atoms with Crippen LogP contribution in [0.1, 0.15) is 0 Å². The van der Waals surface area contributed by atoms with Crippen molar-refractivity contribution >= 4 is 34.3 Å². The maximum absolute atomic E-state index is 11.9. The Morgan fingerprint density at radius 1 is 1.23 bits per heavy atom. The van der Waals surface area contributed by atoms with Crippen LogP contribution in [0.4, 0.5) is 5.69 Å². The van der Waals surface area contributed by atoms with Crippen molar-refractivity contribution in [3.63, 3.8) is 0 Å². The van der Waals surface area contributed by atoms with E-state index in [-0.39, 0.29) is 12.5 Å². The molecule has 0 atom stereocenters. The van der Waals surface area contributed by atoms with Crippen molar-refractivity contribution in [1.29, 1.82) is 0 Å². The third-order valence-electron chi connectivity index (χ3n) is 2.93. The van der Waals surface area contributed by atoms with Gasteiger partial charge in [-0.15, -0.1) is 0 Å². The molecule has 3 rings (SSSR count). The van der Waals surface area contributed by atoms with E-state index in [0.29, 0.717) is 27.6 Å². The highest BCUT2D eigenvalue weighted by molar-refractivity contribution is 6.32. The number of hydrogen-bond donors (Lipinski definition) is 2. The van der Waals surface area contributed by atoms with Crippen molar-refractivity contribution in [2.24, 2.45) is 0 Å². The standard InChI is InChI=1S/C15H11ClN2O4/c16-9-4-1-2-6-11(9)21-8-13(19)17-10-5-3-7-12-14(10)18-15(20)22-12/h1-7H,8H2,(H,17,19)(H,18,20). The molecule has 0 unspecified atom stereocenters. The van der Waals surface area contributed by atoms with Crippen molar-refractivity contribution in [1.82, 2.24) is 4.98 Å². The highest BCUT2D eigenvalue weighted by Crippen LogP contribution is 2.23. The minimum Gasteiger partial charge on any atom is -0.482 e. The molecule has 0 aliphatic heterocycles. The number of rotatable bonds is 4. The van der Waals surface area contributed by atoms with Crippen molar-refractivity contribution in [2.75, 3.05) is 11.9 Å². The third-order valence-corrected chi connectivity index (χ3v) is 3.24. The summed E-state index contributed by atoms with van der Waals surface area (Å²) in [5.74, 6) is -0.535. The SMILES string of the molecule is O=C(COc1ccccc1Cl)Nc1cccc2oc(=O)[nH]c12. The molecule has 0 spiro atoms. The molecule has 0 saturated heterocycles. The number of carbonyl (C=O) groups is 1. The predicted octanol–water partition coefficient (Wildman–Crippen LogP) is 2.79. The van der Waals surface area contributed by atoms with Crippen molar-refractivity contribution in [3.05, 3.63) is 58.0 Å². The number of halogens is 1. The monoisotopic (exact) mass is 318 g/mol. The van der Waals surface area contributed by atoms with Crippen LogP contribution < -0.4 is 15.8 Å². The molecule has 0 fully saturated rings. The molecular weight excluding hydrogens is 308 g/mol.